The van der Waals surface area contributed by atoms with E-state index in [9.17, 15) is 18.0 Å². The number of fused-ring (bicyclic) bond motifs is 1. The largest absolute Gasteiger partial charge is 0.479 e. The molecule has 3 heterocycles. The van der Waals surface area contributed by atoms with Crippen molar-refractivity contribution in [2.24, 2.45) is 5.92 Å². The van der Waals surface area contributed by atoms with Crippen molar-refractivity contribution in [1.29, 1.82) is 0 Å². The number of para-hydroxylation sites is 1. The lowest BCUT2D eigenvalue weighted by atomic mass is 9.97. The van der Waals surface area contributed by atoms with E-state index in [2.05, 4.69) is 22.3 Å². The molecule has 2 aromatic carbocycles. The Balaban J connectivity index is 1.27. The number of nitrogens with one attached hydrogen (secondary N) is 1. The molecule has 0 radical (unpaired) electrons. The van der Waals surface area contributed by atoms with Gasteiger partial charge in [-0.2, -0.15) is 4.31 Å². The van der Waals surface area contributed by atoms with Crippen molar-refractivity contribution in [3.63, 3.8) is 0 Å². The maximum absolute atomic E-state index is 13.6. The number of carbonyl (C=O) groups excluding carboxylic acids is 2. The SMILES string of the molecule is Cc1cc2c(cc1S(=O)(=O)N1CCC[C@@H](C(=O)N3CCN(c4ccccc4)CC3)C1)O[C@H](C)C(=O)N2. The van der Waals surface area contributed by atoms with Crippen LogP contribution in [0.15, 0.2) is 47.4 Å². The summed E-state index contributed by atoms with van der Waals surface area (Å²) in [6, 6.07) is 13.3. The Bertz CT molecular complexity index is 1260. The summed E-state index contributed by atoms with van der Waals surface area (Å²) < 4.78 is 34.3. The summed E-state index contributed by atoms with van der Waals surface area (Å²) in [4.78, 5) is 29.6. The van der Waals surface area contributed by atoms with Gasteiger partial charge in [-0.3, -0.25) is 9.59 Å². The van der Waals surface area contributed by atoms with Crippen LogP contribution in [-0.2, 0) is 19.6 Å². The Labute approximate surface area is 212 Å². The lowest BCUT2D eigenvalue weighted by Gasteiger charge is -2.39. The van der Waals surface area contributed by atoms with Crippen LogP contribution in [-0.4, -0.2) is 74.8 Å². The van der Waals surface area contributed by atoms with E-state index in [1.165, 1.54) is 10.4 Å². The molecule has 0 aliphatic carbocycles. The minimum atomic E-state index is -3.84. The molecule has 2 saturated heterocycles. The summed E-state index contributed by atoms with van der Waals surface area (Å²) in [5.41, 5.74) is 2.14. The normalized spacial score (nSPS) is 23.0. The van der Waals surface area contributed by atoms with Crippen LogP contribution in [0.1, 0.15) is 25.3 Å². The molecule has 0 spiro atoms. The van der Waals surface area contributed by atoms with Crippen LogP contribution in [0.25, 0.3) is 0 Å². The first-order valence-corrected chi connectivity index (χ1v) is 13.9. The molecule has 10 heteroatoms. The number of amides is 2. The number of piperazine rings is 1. The number of hydrogen-bond acceptors (Lipinski definition) is 6. The van der Waals surface area contributed by atoms with Gasteiger partial charge >= 0.3 is 0 Å². The number of benzene rings is 2. The molecule has 3 aliphatic rings. The van der Waals surface area contributed by atoms with Crippen LogP contribution in [0.3, 0.4) is 0 Å². The van der Waals surface area contributed by atoms with Gasteiger partial charge in [0.25, 0.3) is 5.91 Å². The number of ether oxygens (including phenoxy) is 1. The van der Waals surface area contributed by atoms with E-state index < -0.39 is 16.1 Å². The molecule has 0 saturated carbocycles. The number of nitrogens with zero attached hydrogens (tertiary/aromatic N) is 3. The van der Waals surface area contributed by atoms with E-state index >= 15 is 0 Å². The van der Waals surface area contributed by atoms with E-state index in [0.717, 1.165) is 18.8 Å². The predicted octanol–water partition coefficient (Wildman–Crippen LogP) is 2.46. The van der Waals surface area contributed by atoms with E-state index in [1.807, 2.05) is 23.1 Å². The second-order valence-electron chi connectivity index (χ2n) is 9.71. The Morgan fingerprint density at radius 2 is 1.78 bits per heavy atom. The highest BCUT2D eigenvalue weighted by Crippen LogP contribution is 2.36. The summed E-state index contributed by atoms with van der Waals surface area (Å²) in [6.07, 6.45) is 0.613. The Morgan fingerprint density at radius 3 is 2.50 bits per heavy atom. The van der Waals surface area contributed by atoms with Crippen LogP contribution < -0.4 is 15.0 Å². The summed E-state index contributed by atoms with van der Waals surface area (Å²) >= 11 is 0. The first-order chi connectivity index (χ1) is 17.2. The number of piperidine rings is 1. The zero-order valence-corrected chi connectivity index (χ0v) is 21.5. The van der Waals surface area contributed by atoms with E-state index in [-0.39, 0.29) is 29.2 Å². The minimum absolute atomic E-state index is 0.0321. The predicted molar refractivity (Wildman–Crippen MR) is 137 cm³/mol. The van der Waals surface area contributed by atoms with E-state index in [1.54, 1.807) is 19.9 Å². The molecule has 36 heavy (non-hydrogen) atoms. The number of sulfonamides is 1. The molecule has 192 valence electrons. The highest BCUT2D eigenvalue weighted by molar-refractivity contribution is 7.89. The maximum atomic E-state index is 13.6. The Kier molecular flexibility index (Phi) is 6.65. The lowest BCUT2D eigenvalue weighted by molar-refractivity contribution is -0.137. The van der Waals surface area contributed by atoms with Gasteiger partial charge in [-0.15, -0.1) is 0 Å². The fourth-order valence-electron chi connectivity index (χ4n) is 5.20. The minimum Gasteiger partial charge on any atom is -0.479 e. The summed E-state index contributed by atoms with van der Waals surface area (Å²) in [6.45, 7) is 6.64. The molecule has 2 atom stereocenters. The zero-order chi connectivity index (χ0) is 25.4. The van der Waals surface area contributed by atoms with Crippen molar-refractivity contribution < 1.29 is 22.7 Å². The summed E-state index contributed by atoms with van der Waals surface area (Å²) in [5.74, 6) is -0.248. The molecule has 0 unspecified atom stereocenters. The van der Waals surface area contributed by atoms with E-state index in [0.29, 0.717) is 49.5 Å². The van der Waals surface area contributed by atoms with Crippen molar-refractivity contribution in [1.82, 2.24) is 9.21 Å². The third kappa shape index (κ3) is 4.67. The van der Waals surface area contributed by atoms with Crippen molar-refractivity contribution in [2.75, 3.05) is 49.5 Å². The van der Waals surface area contributed by atoms with Crippen molar-refractivity contribution in [3.8, 4) is 5.75 Å². The van der Waals surface area contributed by atoms with Gasteiger partial charge in [0, 0.05) is 51.0 Å². The van der Waals surface area contributed by atoms with Gasteiger partial charge in [0.2, 0.25) is 15.9 Å². The number of hydrogen-bond donors (Lipinski definition) is 1. The topological polar surface area (TPSA) is 99.3 Å². The van der Waals surface area contributed by atoms with Crippen molar-refractivity contribution in [2.45, 2.75) is 37.7 Å². The van der Waals surface area contributed by atoms with Gasteiger partial charge in [-0.25, -0.2) is 8.42 Å². The first-order valence-electron chi connectivity index (χ1n) is 12.4. The van der Waals surface area contributed by atoms with Gasteiger partial charge in [0.05, 0.1) is 16.5 Å². The fraction of sp³-hybridized carbons (Fsp3) is 0.462. The molecular weight excluding hydrogens is 480 g/mol. The third-order valence-corrected chi connectivity index (χ3v) is 9.28. The zero-order valence-electron chi connectivity index (χ0n) is 20.6. The molecule has 9 nitrogen and oxygen atoms in total. The number of rotatable bonds is 4. The monoisotopic (exact) mass is 512 g/mol. The molecule has 2 amide bonds. The second kappa shape index (κ2) is 9.74. The number of aryl methyl sites for hydroxylation is 1. The standard InChI is InChI=1S/C26H32N4O5S/c1-18-15-22-23(35-19(2)25(31)27-22)16-24(18)36(33,34)30-10-6-7-20(17-30)26(32)29-13-11-28(12-14-29)21-8-4-3-5-9-21/h3-5,8-9,15-16,19-20H,6-7,10-14,17H2,1-2H3,(H,27,31)/t19-,20-/m1/s1. The van der Waals surface area contributed by atoms with Crippen molar-refractivity contribution in [3.05, 3.63) is 48.0 Å². The molecular formula is C26H32N4O5S. The molecule has 2 aromatic rings. The first kappa shape index (κ1) is 24.6. The van der Waals surface area contributed by atoms with Gasteiger partial charge in [-0.05, 0) is 50.5 Å². The van der Waals surface area contributed by atoms with Gasteiger partial charge in [0.15, 0.2) is 6.10 Å². The van der Waals surface area contributed by atoms with Crippen molar-refractivity contribution >= 4 is 33.2 Å². The molecule has 0 aromatic heterocycles. The van der Waals surface area contributed by atoms with Gasteiger partial charge in [0.1, 0.15) is 5.75 Å². The molecule has 5 rings (SSSR count). The third-order valence-electron chi connectivity index (χ3n) is 7.27. The number of carbonyl (C=O) groups is 2. The second-order valence-corrected chi connectivity index (χ2v) is 11.6. The average Bonchev–Trinajstić information content (AvgIpc) is 2.89. The van der Waals surface area contributed by atoms with Crippen LogP contribution >= 0.6 is 0 Å². The Morgan fingerprint density at radius 1 is 1.06 bits per heavy atom. The maximum Gasteiger partial charge on any atom is 0.265 e. The average molecular weight is 513 g/mol. The van der Waals surface area contributed by atoms with E-state index in [4.69, 9.17) is 4.74 Å². The lowest BCUT2D eigenvalue weighted by Crippen LogP contribution is -2.53. The fourth-order valence-corrected chi connectivity index (χ4v) is 6.95. The summed E-state index contributed by atoms with van der Waals surface area (Å²) in [7, 11) is -3.84. The smallest absolute Gasteiger partial charge is 0.265 e. The number of anilines is 2. The molecule has 0 bridgehead atoms. The van der Waals surface area contributed by atoms with Gasteiger partial charge < -0.3 is 19.9 Å². The molecule has 3 aliphatic heterocycles. The van der Waals surface area contributed by atoms with Crippen LogP contribution in [0.2, 0.25) is 0 Å². The quantitative estimate of drug-likeness (QED) is 0.676. The van der Waals surface area contributed by atoms with Crippen LogP contribution in [0.5, 0.6) is 5.75 Å². The highest BCUT2D eigenvalue weighted by Gasteiger charge is 2.37. The van der Waals surface area contributed by atoms with Crippen LogP contribution in [0, 0.1) is 12.8 Å². The Hall–Kier alpha value is -3.11. The van der Waals surface area contributed by atoms with Crippen LogP contribution in [0.4, 0.5) is 11.4 Å². The highest BCUT2D eigenvalue weighted by atomic mass is 32.2. The summed E-state index contributed by atoms with van der Waals surface area (Å²) in [5, 5.41) is 2.75. The molecule has 1 N–H and O–H groups in total. The van der Waals surface area contributed by atoms with Gasteiger partial charge in [-0.1, -0.05) is 18.2 Å². The molecule has 2 fully saturated rings.